The van der Waals surface area contributed by atoms with Gasteiger partial charge < -0.3 is 5.73 Å². The van der Waals surface area contributed by atoms with Gasteiger partial charge in [0.25, 0.3) is 0 Å². The molecule has 0 spiro atoms. The van der Waals surface area contributed by atoms with Crippen LogP contribution in [-0.4, -0.2) is 24.9 Å². The van der Waals surface area contributed by atoms with Gasteiger partial charge in [0.1, 0.15) is 16.9 Å². The smallest absolute Gasteiger partial charge is 0.152 e. The van der Waals surface area contributed by atoms with Crippen LogP contribution in [0.1, 0.15) is 0 Å². The highest BCUT2D eigenvalue weighted by molar-refractivity contribution is 6.03. The molecule has 3 heterocycles. The summed E-state index contributed by atoms with van der Waals surface area (Å²) in [5, 5.41) is 0. The number of fused-ring (bicyclic) bond motifs is 2. The van der Waals surface area contributed by atoms with Crippen molar-refractivity contribution in [3.8, 4) is 22.4 Å². The van der Waals surface area contributed by atoms with Crippen LogP contribution >= 0.6 is 0 Å². The molecule has 0 saturated heterocycles. The number of rotatable bonds is 2. The van der Waals surface area contributed by atoms with E-state index in [-0.39, 0.29) is 11.6 Å². The maximum atomic E-state index is 13.5. The number of anilines is 1. The van der Waals surface area contributed by atoms with Gasteiger partial charge in [-0.1, -0.05) is 6.07 Å². The van der Waals surface area contributed by atoms with Gasteiger partial charge in [0.2, 0.25) is 0 Å². The summed E-state index contributed by atoms with van der Waals surface area (Å²) in [5.74, 6) is -0.0495. The standard InChI is InChI=1S/C21H13FN6/c22-14-4-1-12(2-5-14)18-17(19-20(21(23)28-18)27-10-9-26-19)13-3-6-15-16(11-13)25-8-7-24-15/h1-11H,(H2,23,28). The molecule has 7 heteroatoms. The Labute approximate surface area is 159 Å². The fourth-order valence-electron chi connectivity index (χ4n) is 3.26. The summed E-state index contributed by atoms with van der Waals surface area (Å²) < 4.78 is 13.5. The van der Waals surface area contributed by atoms with Crippen molar-refractivity contribution >= 4 is 27.9 Å². The summed E-state index contributed by atoms with van der Waals surface area (Å²) in [6.45, 7) is 0. The Morgan fingerprint density at radius 1 is 0.679 bits per heavy atom. The number of hydrogen-bond acceptors (Lipinski definition) is 6. The van der Waals surface area contributed by atoms with Crippen molar-refractivity contribution in [2.24, 2.45) is 0 Å². The molecule has 0 radical (unpaired) electrons. The molecule has 2 N–H and O–H groups in total. The number of aromatic nitrogens is 5. The van der Waals surface area contributed by atoms with Crippen molar-refractivity contribution in [3.05, 3.63) is 73.1 Å². The van der Waals surface area contributed by atoms with Crippen LogP contribution in [0.15, 0.2) is 67.3 Å². The Hall–Kier alpha value is -4.00. The minimum atomic E-state index is -0.320. The molecule has 5 rings (SSSR count). The normalized spacial score (nSPS) is 11.2. The topological polar surface area (TPSA) is 90.5 Å². The minimum absolute atomic E-state index is 0.270. The molecule has 5 aromatic rings. The summed E-state index contributed by atoms with van der Waals surface area (Å²) in [5.41, 5.74) is 11.8. The van der Waals surface area contributed by atoms with E-state index in [2.05, 4.69) is 24.9 Å². The second kappa shape index (κ2) is 6.31. The molecule has 0 saturated carbocycles. The summed E-state index contributed by atoms with van der Waals surface area (Å²) >= 11 is 0. The zero-order valence-electron chi connectivity index (χ0n) is 14.5. The van der Waals surface area contributed by atoms with Crippen LogP contribution in [0.5, 0.6) is 0 Å². The maximum Gasteiger partial charge on any atom is 0.152 e. The predicted molar refractivity (Wildman–Crippen MR) is 106 cm³/mol. The van der Waals surface area contributed by atoms with E-state index >= 15 is 0 Å². The van der Waals surface area contributed by atoms with Gasteiger partial charge in [0, 0.05) is 35.9 Å². The SMILES string of the molecule is Nc1nc(-c2ccc(F)cc2)c(-c2ccc3nccnc3c2)c2nccnc12. The molecule has 0 aliphatic carbocycles. The van der Waals surface area contributed by atoms with Crippen molar-refractivity contribution in [3.63, 3.8) is 0 Å². The fraction of sp³-hybridized carbons (Fsp3) is 0. The molecule has 2 aromatic carbocycles. The molecule has 134 valence electrons. The van der Waals surface area contributed by atoms with Gasteiger partial charge >= 0.3 is 0 Å². The molecule has 0 amide bonds. The summed E-state index contributed by atoms with van der Waals surface area (Å²) in [4.78, 5) is 22.1. The van der Waals surface area contributed by atoms with E-state index in [0.717, 1.165) is 27.7 Å². The average molecular weight is 368 g/mol. The van der Waals surface area contributed by atoms with Gasteiger partial charge in [0.15, 0.2) is 5.82 Å². The Kier molecular flexibility index (Phi) is 3.65. The van der Waals surface area contributed by atoms with Gasteiger partial charge in [0.05, 0.1) is 16.7 Å². The first-order valence-electron chi connectivity index (χ1n) is 8.58. The quantitative estimate of drug-likeness (QED) is 0.506. The van der Waals surface area contributed by atoms with E-state index in [4.69, 9.17) is 5.73 Å². The lowest BCUT2D eigenvalue weighted by Crippen LogP contribution is -2.01. The van der Waals surface area contributed by atoms with Gasteiger partial charge in [-0.2, -0.15) is 0 Å². The van der Waals surface area contributed by atoms with Crippen molar-refractivity contribution in [2.45, 2.75) is 0 Å². The van der Waals surface area contributed by atoms with E-state index in [9.17, 15) is 4.39 Å². The Bertz CT molecular complexity index is 1330. The number of halogens is 1. The Morgan fingerprint density at radius 2 is 1.32 bits per heavy atom. The second-order valence-electron chi connectivity index (χ2n) is 6.24. The summed E-state index contributed by atoms with van der Waals surface area (Å²) in [6, 6.07) is 11.9. The molecule has 0 unspecified atom stereocenters. The highest BCUT2D eigenvalue weighted by Gasteiger charge is 2.18. The molecular weight excluding hydrogens is 355 g/mol. The lowest BCUT2D eigenvalue weighted by molar-refractivity contribution is 0.628. The Morgan fingerprint density at radius 3 is 2.11 bits per heavy atom. The van der Waals surface area contributed by atoms with Crippen molar-refractivity contribution in [1.29, 1.82) is 0 Å². The maximum absolute atomic E-state index is 13.5. The summed E-state index contributed by atoms with van der Waals surface area (Å²) in [6.07, 6.45) is 6.48. The lowest BCUT2D eigenvalue weighted by atomic mass is 9.97. The first-order chi connectivity index (χ1) is 13.7. The summed E-state index contributed by atoms with van der Waals surface area (Å²) in [7, 11) is 0. The lowest BCUT2D eigenvalue weighted by Gasteiger charge is -2.14. The molecule has 28 heavy (non-hydrogen) atoms. The molecule has 0 aliphatic heterocycles. The zero-order chi connectivity index (χ0) is 19.1. The number of nitrogens with zero attached hydrogens (tertiary/aromatic N) is 5. The first-order valence-corrected chi connectivity index (χ1v) is 8.58. The van der Waals surface area contributed by atoms with Crippen molar-refractivity contribution in [2.75, 3.05) is 5.73 Å². The molecular formula is C21H13FN6. The van der Waals surface area contributed by atoms with Crippen LogP contribution in [0.2, 0.25) is 0 Å². The highest BCUT2D eigenvalue weighted by Crippen LogP contribution is 2.37. The zero-order valence-corrected chi connectivity index (χ0v) is 14.5. The van der Waals surface area contributed by atoms with E-state index in [1.165, 1.54) is 12.1 Å². The van der Waals surface area contributed by atoms with E-state index < -0.39 is 0 Å². The second-order valence-corrected chi connectivity index (χ2v) is 6.24. The fourth-order valence-corrected chi connectivity index (χ4v) is 3.26. The molecule has 0 fully saturated rings. The van der Waals surface area contributed by atoms with Crippen LogP contribution in [0.4, 0.5) is 10.2 Å². The van der Waals surface area contributed by atoms with Crippen molar-refractivity contribution in [1.82, 2.24) is 24.9 Å². The predicted octanol–water partition coefficient (Wildman–Crippen LogP) is 4.02. The van der Waals surface area contributed by atoms with Gasteiger partial charge in [-0.3, -0.25) is 15.0 Å². The first kappa shape index (κ1) is 16.2. The van der Waals surface area contributed by atoms with E-state index in [0.29, 0.717) is 16.7 Å². The van der Waals surface area contributed by atoms with Gasteiger partial charge in [-0.25, -0.2) is 14.4 Å². The van der Waals surface area contributed by atoms with E-state index in [1.54, 1.807) is 36.9 Å². The minimum Gasteiger partial charge on any atom is -0.382 e. The van der Waals surface area contributed by atoms with Gasteiger partial charge in [-0.05, 0) is 42.0 Å². The molecule has 3 aromatic heterocycles. The number of hydrogen-bond donors (Lipinski definition) is 1. The Balaban J connectivity index is 1.87. The average Bonchev–Trinajstić information content (AvgIpc) is 2.74. The van der Waals surface area contributed by atoms with Gasteiger partial charge in [-0.15, -0.1) is 0 Å². The van der Waals surface area contributed by atoms with E-state index in [1.807, 2.05) is 18.2 Å². The highest BCUT2D eigenvalue weighted by atomic mass is 19.1. The van der Waals surface area contributed by atoms with Crippen LogP contribution < -0.4 is 5.73 Å². The number of nitrogen functional groups attached to an aromatic ring is 1. The van der Waals surface area contributed by atoms with Crippen molar-refractivity contribution < 1.29 is 4.39 Å². The molecule has 0 aliphatic rings. The number of pyridine rings is 1. The molecule has 0 atom stereocenters. The van der Waals surface area contributed by atoms with Crippen LogP contribution in [-0.2, 0) is 0 Å². The van der Waals surface area contributed by atoms with Crippen LogP contribution in [0.25, 0.3) is 44.5 Å². The monoisotopic (exact) mass is 368 g/mol. The third-order valence-corrected chi connectivity index (χ3v) is 4.52. The third kappa shape index (κ3) is 2.61. The number of benzene rings is 2. The van der Waals surface area contributed by atoms with Crippen LogP contribution in [0.3, 0.4) is 0 Å². The third-order valence-electron chi connectivity index (χ3n) is 4.52. The number of nitrogens with two attached hydrogens (primary N) is 1. The largest absolute Gasteiger partial charge is 0.382 e. The molecule has 0 bridgehead atoms. The molecule has 6 nitrogen and oxygen atoms in total. The van der Waals surface area contributed by atoms with Crippen LogP contribution in [0, 0.1) is 5.82 Å².